The summed E-state index contributed by atoms with van der Waals surface area (Å²) in [7, 11) is 14.6. The molecule has 0 saturated carbocycles. The number of hydrogen-bond acceptors (Lipinski definition) is 0. The second-order valence-corrected chi connectivity index (χ2v) is 75.5. The number of hydrogen-bond donors (Lipinski definition) is 0. The molecule has 0 heterocycles. The van der Waals surface area contributed by atoms with Gasteiger partial charge in [0.25, 0.3) is 0 Å². The van der Waals surface area contributed by atoms with Gasteiger partial charge >= 0.3 is 239 Å². The number of allylic oxidation sites excluding steroid dienone is 2. The molecule has 0 fully saturated rings. The molecule has 2 atom stereocenters. The van der Waals surface area contributed by atoms with Crippen molar-refractivity contribution in [1.82, 2.24) is 0 Å². The van der Waals surface area contributed by atoms with E-state index in [1.807, 2.05) is 0 Å². The van der Waals surface area contributed by atoms with Gasteiger partial charge in [-0.25, -0.2) is 0 Å². The van der Waals surface area contributed by atoms with Crippen LogP contribution >= 0.6 is 17.0 Å². The molecular formula is C34H33Cl2GeZr. The Kier molecular flexibility index (Phi) is 6.84. The van der Waals surface area contributed by atoms with Crippen LogP contribution in [0.3, 0.4) is 0 Å². The van der Waals surface area contributed by atoms with Crippen LogP contribution in [-0.4, -0.2) is 10.6 Å². The van der Waals surface area contributed by atoms with E-state index in [1.54, 1.807) is 0 Å². The van der Waals surface area contributed by atoms with Crippen molar-refractivity contribution in [1.29, 1.82) is 0 Å². The summed E-state index contributed by atoms with van der Waals surface area (Å²) in [5.41, 5.74) is 13.0. The van der Waals surface area contributed by atoms with Crippen molar-refractivity contribution >= 4 is 39.7 Å². The SMILES string of the molecule is CC1=Cc2c(-c3ccccc3)cccc2[CH]1[Zr]([Cl])([Cl])([CH]1C(C)=Cc2c(-c3ccccc3)cccc21)[GeH]([CH3])[CH3]. The third-order valence-electron chi connectivity index (χ3n) is 8.93. The minimum absolute atomic E-state index is 0.137. The Morgan fingerprint density at radius 2 is 0.947 bits per heavy atom. The third-order valence-corrected chi connectivity index (χ3v) is 91.2. The number of rotatable bonds is 5. The van der Waals surface area contributed by atoms with Crippen LogP contribution in [0.4, 0.5) is 0 Å². The average Bonchev–Trinajstić information content (AvgIpc) is 3.46. The van der Waals surface area contributed by atoms with Crippen molar-refractivity contribution < 1.29 is 13.9 Å². The Bertz CT molecular complexity index is 1490. The van der Waals surface area contributed by atoms with Crippen molar-refractivity contribution in [2.75, 3.05) is 0 Å². The molecule has 0 radical (unpaired) electrons. The zero-order valence-corrected chi connectivity index (χ0v) is 28.8. The molecule has 38 heavy (non-hydrogen) atoms. The van der Waals surface area contributed by atoms with E-state index in [9.17, 15) is 0 Å². The second-order valence-electron chi connectivity index (χ2n) is 11.4. The third kappa shape index (κ3) is 3.95. The van der Waals surface area contributed by atoms with Gasteiger partial charge in [-0.1, -0.05) is 0 Å². The Morgan fingerprint density at radius 3 is 1.32 bits per heavy atom. The van der Waals surface area contributed by atoms with E-state index in [0.29, 0.717) is 0 Å². The Balaban J connectivity index is 1.56. The molecule has 0 amide bonds. The van der Waals surface area contributed by atoms with Crippen LogP contribution < -0.4 is 0 Å². The van der Waals surface area contributed by atoms with Gasteiger partial charge in [0.05, 0.1) is 0 Å². The maximum absolute atomic E-state index is 8.36. The predicted molar refractivity (Wildman–Crippen MR) is 167 cm³/mol. The summed E-state index contributed by atoms with van der Waals surface area (Å²) in [6, 6.07) is 34.9. The van der Waals surface area contributed by atoms with E-state index in [4.69, 9.17) is 17.0 Å². The summed E-state index contributed by atoms with van der Waals surface area (Å²) in [5.74, 6) is 4.91. The summed E-state index contributed by atoms with van der Waals surface area (Å²) >= 11 is -4.58. The van der Waals surface area contributed by atoms with Crippen molar-refractivity contribution in [2.45, 2.75) is 32.6 Å². The van der Waals surface area contributed by atoms with E-state index in [0.717, 1.165) is 0 Å². The molecule has 6 rings (SSSR count). The van der Waals surface area contributed by atoms with E-state index >= 15 is 0 Å². The van der Waals surface area contributed by atoms with Crippen LogP contribution in [0, 0.1) is 0 Å². The van der Waals surface area contributed by atoms with Gasteiger partial charge in [-0.2, -0.15) is 0 Å². The molecule has 2 aliphatic carbocycles. The first kappa shape index (κ1) is 26.6. The van der Waals surface area contributed by atoms with Gasteiger partial charge in [0.2, 0.25) is 0 Å². The van der Waals surface area contributed by atoms with Gasteiger partial charge in [-0.15, -0.1) is 0 Å². The zero-order valence-electron chi connectivity index (χ0n) is 22.4. The first-order valence-corrected chi connectivity index (χ1v) is 36.1. The summed E-state index contributed by atoms with van der Waals surface area (Å²) in [6.07, 6.45) is 4.78. The fourth-order valence-electron chi connectivity index (χ4n) is 7.14. The van der Waals surface area contributed by atoms with E-state index in [-0.39, 0.29) is 7.25 Å². The van der Waals surface area contributed by atoms with Crippen LogP contribution in [0.5, 0.6) is 0 Å². The van der Waals surface area contributed by atoms with Gasteiger partial charge in [-0.05, 0) is 0 Å². The van der Waals surface area contributed by atoms with E-state index < -0.39 is 24.4 Å². The van der Waals surface area contributed by atoms with Crippen LogP contribution in [0.15, 0.2) is 108 Å². The van der Waals surface area contributed by atoms with Gasteiger partial charge in [-0.3, -0.25) is 0 Å². The van der Waals surface area contributed by atoms with Crippen LogP contribution in [0.25, 0.3) is 34.4 Å². The number of benzene rings is 4. The Morgan fingerprint density at radius 1 is 0.553 bits per heavy atom. The van der Waals surface area contributed by atoms with Crippen LogP contribution in [-0.2, 0) is 13.9 Å². The molecule has 0 bridgehead atoms. The molecule has 191 valence electrons. The van der Waals surface area contributed by atoms with Gasteiger partial charge in [0.15, 0.2) is 0 Å². The average molecular weight is 676 g/mol. The summed E-state index contributed by atoms with van der Waals surface area (Å²) < 4.78 is 0.274. The molecule has 0 saturated heterocycles. The summed E-state index contributed by atoms with van der Waals surface area (Å²) in [4.78, 5) is 0. The first-order valence-electron chi connectivity index (χ1n) is 13.5. The quantitative estimate of drug-likeness (QED) is 0.185. The number of halogens is 2. The van der Waals surface area contributed by atoms with Crippen molar-refractivity contribution in [3.63, 3.8) is 0 Å². The standard InChI is InChI=1S/2C16H13.C2H7Ge.2ClH.Zr/c2*1-12-10-14-8-5-9-15(16(14)11-12)13-6-3-2-4-7-13;1-3-2;;;/h2*2-11H,1H3;3H,1-2H3;2*1H;/q;;;;;+2/p-2. The van der Waals surface area contributed by atoms with Crippen LogP contribution in [0.1, 0.15) is 43.4 Å². The maximum atomic E-state index is 8.36. The summed E-state index contributed by atoms with van der Waals surface area (Å²) in [5, 5.41) is 0. The molecule has 2 aliphatic rings. The van der Waals surface area contributed by atoms with Gasteiger partial charge < -0.3 is 0 Å². The molecule has 4 aromatic carbocycles. The molecule has 4 heteroatoms. The minimum atomic E-state index is -4.58. The van der Waals surface area contributed by atoms with Crippen molar-refractivity contribution in [3.05, 3.63) is 130 Å². The Labute approximate surface area is 236 Å². The molecule has 0 aromatic heterocycles. The monoisotopic (exact) mass is 675 g/mol. The molecule has 0 nitrogen and oxygen atoms in total. The molecule has 0 N–H and O–H groups in total. The molecule has 2 unspecified atom stereocenters. The van der Waals surface area contributed by atoms with E-state index in [1.165, 1.54) is 55.7 Å². The fourth-order valence-corrected chi connectivity index (χ4v) is 54.5. The van der Waals surface area contributed by atoms with E-state index in [2.05, 4.69) is 135 Å². The fraction of sp³-hybridized carbons (Fsp3) is 0.176. The van der Waals surface area contributed by atoms with Crippen molar-refractivity contribution in [2.24, 2.45) is 0 Å². The zero-order chi connectivity index (χ0) is 26.7. The van der Waals surface area contributed by atoms with Crippen molar-refractivity contribution in [3.8, 4) is 22.3 Å². The molecule has 4 aromatic rings. The topological polar surface area (TPSA) is 0 Å². The normalized spacial score (nSPS) is 19.4. The van der Waals surface area contributed by atoms with Crippen LogP contribution in [0.2, 0.25) is 11.5 Å². The van der Waals surface area contributed by atoms with Gasteiger partial charge in [0.1, 0.15) is 0 Å². The van der Waals surface area contributed by atoms with Gasteiger partial charge in [0, 0.05) is 0 Å². The predicted octanol–water partition coefficient (Wildman–Crippen LogP) is 10.6. The molecular weight excluding hydrogens is 643 g/mol. The first-order chi connectivity index (χ1) is 18.2. The Hall–Kier alpha value is -1.63. The summed E-state index contributed by atoms with van der Waals surface area (Å²) in [6.45, 7) is 4.55. The number of fused-ring (bicyclic) bond motifs is 2. The molecule has 0 spiro atoms. The molecule has 0 aliphatic heterocycles. The second kappa shape index (κ2) is 9.78.